The van der Waals surface area contributed by atoms with Crippen LogP contribution in [-0.4, -0.2) is 78.4 Å². The summed E-state index contributed by atoms with van der Waals surface area (Å²) >= 11 is 6.07. The average molecular weight is 744 g/mol. The van der Waals surface area contributed by atoms with Gasteiger partial charge >= 0.3 is 11.9 Å². The molecule has 1 fully saturated rings. The van der Waals surface area contributed by atoms with Crippen LogP contribution in [0.2, 0.25) is 5.02 Å². The van der Waals surface area contributed by atoms with Gasteiger partial charge in [0.05, 0.1) is 14.2 Å². The average Bonchev–Trinajstić information content (AvgIpc) is 3.58. The largest absolute Gasteiger partial charge is 0.507 e. The van der Waals surface area contributed by atoms with Crippen LogP contribution in [0.25, 0.3) is 6.08 Å². The molecule has 1 saturated heterocycles. The van der Waals surface area contributed by atoms with E-state index in [0.29, 0.717) is 23.9 Å². The van der Waals surface area contributed by atoms with Crippen LogP contribution in [0.4, 0.5) is 0 Å². The Morgan fingerprint density at radius 3 is 1.96 bits per heavy atom. The standard InChI is InChI=1S/C21H26ClNO.C17H16O4.C4H4O4/c1-21(17-7-4-3-5-8-17,18-10-12-19(22)13-11-18)24-16-14-20-9-6-15-23(20)2;1-20-13-10-15(19)17(16(11-13)21-2)14(18)9-8-12-6-4-3-5-7-12;5-3(6)1-2-4(7)8/h3-5,7-8,10-13,20H,6,9,14-16H2,1-2H3;3-11,19H,1-2H3;1-2H,(H,5,6)(H,7,8). The summed E-state index contributed by atoms with van der Waals surface area (Å²) in [6, 6.07) is 31.5. The highest BCUT2D eigenvalue weighted by Gasteiger charge is 2.31. The van der Waals surface area contributed by atoms with Gasteiger partial charge < -0.3 is 34.4 Å². The highest BCUT2D eigenvalue weighted by Crippen LogP contribution is 2.35. The molecule has 2 atom stereocenters. The Balaban J connectivity index is 0.000000239. The molecule has 53 heavy (non-hydrogen) atoms. The molecule has 0 saturated carbocycles. The molecular weight excluding hydrogens is 698 g/mol. The summed E-state index contributed by atoms with van der Waals surface area (Å²) in [6.07, 6.45) is 7.86. The Morgan fingerprint density at radius 1 is 0.849 bits per heavy atom. The van der Waals surface area contributed by atoms with Crippen LogP contribution < -0.4 is 9.47 Å². The van der Waals surface area contributed by atoms with Crippen LogP contribution in [0.3, 0.4) is 0 Å². The van der Waals surface area contributed by atoms with E-state index in [0.717, 1.165) is 29.2 Å². The number of aliphatic carboxylic acids is 2. The van der Waals surface area contributed by atoms with Crippen molar-refractivity contribution in [2.24, 2.45) is 0 Å². The van der Waals surface area contributed by atoms with E-state index in [1.807, 2.05) is 48.5 Å². The Labute approximate surface area is 315 Å². The lowest BCUT2D eigenvalue weighted by atomic mass is 9.88. The molecule has 2 unspecified atom stereocenters. The number of nitrogens with zero attached hydrogens (tertiary/aromatic N) is 1. The van der Waals surface area contributed by atoms with E-state index in [2.05, 4.69) is 55.3 Å². The summed E-state index contributed by atoms with van der Waals surface area (Å²) in [5, 5.41) is 26.4. The van der Waals surface area contributed by atoms with Crippen molar-refractivity contribution < 1.29 is 43.9 Å². The third kappa shape index (κ3) is 13.3. The van der Waals surface area contributed by atoms with Crippen LogP contribution in [0.5, 0.6) is 17.2 Å². The molecule has 0 spiro atoms. The first-order chi connectivity index (χ1) is 25.4. The van der Waals surface area contributed by atoms with Gasteiger partial charge in [0.15, 0.2) is 5.78 Å². The van der Waals surface area contributed by atoms with Gasteiger partial charge in [-0.25, -0.2) is 9.59 Å². The summed E-state index contributed by atoms with van der Waals surface area (Å²) in [5.41, 5.74) is 2.87. The number of hydrogen-bond acceptors (Lipinski definition) is 8. The topological polar surface area (TPSA) is 143 Å². The minimum Gasteiger partial charge on any atom is -0.507 e. The molecule has 0 radical (unpaired) electrons. The van der Waals surface area contributed by atoms with Crippen molar-refractivity contribution in [3.63, 3.8) is 0 Å². The van der Waals surface area contributed by atoms with Crippen molar-refractivity contribution in [2.45, 2.75) is 37.8 Å². The van der Waals surface area contributed by atoms with Crippen molar-refractivity contribution in [1.29, 1.82) is 0 Å². The van der Waals surface area contributed by atoms with E-state index >= 15 is 0 Å². The summed E-state index contributed by atoms with van der Waals surface area (Å²) in [5.74, 6) is -2.33. The number of phenols is 1. The van der Waals surface area contributed by atoms with Crippen molar-refractivity contribution in [3.05, 3.63) is 143 Å². The number of benzene rings is 4. The van der Waals surface area contributed by atoms with E-state index in [-0.39, 0.29) is 22.8 Å². The number of carboxylic acids is 2. The van der Waals surface area contributed by atoms with E-state index in [1.165, 1.54) is 51.3 Å². The van der Waals surface area contributed by atoms with Gasteiger partial charge in [-0.1, -0.05) is 90.5 Å². The van der Waals surface area contributed by atoms with E-state index < -0.39 is 17.5 Å². The second kappa shape index (κ2) is 21.2. The van der Waals surface area contributed by atoms with Crippen molar-refractivity contribution in [1.82, 2.24) is 4.90 Å². The molecule has 5 rings (SSSR count). The number of phenolic OH excluding ortho intramolecular Hbond substituents is 1. The first kappa shape index (κ1) is 42.0. The number of halogens is 1. The number of likely N-dealkylation sites (tertiary alicyclic amines) is 1. The molecule has 10 nitrogen and oxygen atoms in total. The SMILES string of the molecule is CN1CCCC1CCOC(C)(c1ccccc1)c1ccc(Cl)cc1.COc1cc(O)c(C(=O)C=Cc2ccccc2)c(OC)c1.O=C(O)C=CC(=O)O. The molecule has 3 N–H and O–H groups in total. The maximum atomic E-state index is 12.3. The number of carboxylic acid groups (broad SMARTS) is 2. The predicted octanol–water partition coefficient (Wildman–Crippen LogP) is 8.12. The first-order valence-corrected chi connectivity index (χ1v) is 17.3. The minimum atomic E-state index is -1.26. The zero-order chi connectivity index (χ0) is 38.8. The Bertz CT molecular complexity index is 1810. The van der Waals surface area contributed by atoms with Crippen molar-refractivity contribution >= 4 is 35.4 Å². The van der Waals surface area contributed by atoms with Gasteiger partial charge in [0.1, 0.15) is 28.4 Å². The zero-order valence-electron chi connectivity index (χ0n) is 30.3. The minimum absolute atomic E-state index is 0.116. The third-order valence-electron chi connectivity index (χ3n) is 8.59. The molecule has 11 heteroatoms. The second-order valence-corrected chi connectivity index (χ2v) is 12.6. The summed E-state index contributed by atoms with van der Waals surface area (Å²) < 4.78 is 16.7. The highest BCUT2D eigenvalue weighted by molar-refractivity contribution is 6.30. The van der Waals surface area contributed by atoms with E-state index in [4.69, 9.17) is 36.0 Å². The lowest BCUT2D eigenvalue weighted by Crippen LogP contribution is -2.31. The number of hydrogen-bond donors (Lipinski definition) is 3. The van der Waals surface area contributed by atoms with Crippen LogP contribution >= 0.6 is 11.6 Å². The van der Waals surface area contributed by atoms with E-state index in [1.54, 1.807) is 12.1 Å². The quantitative estimate of drug-likeness (QED) is 0.0908. The molecule has 0 amide bonds. The summed E-state index contributed by atoms with van der Waals surface area (Å²) in [4.78, 5) is 33.8. The van der Waals surface area contributed by atoms with Gasteiger partial charge in [0.25, 0.3) is 0 Å². The molecule has 1 aliphatic heterocycles. The molecule has 4 aromatic carbocycles. The molecule has 1 heterocycles. The molecule has 4 aromatic rings. The maximum absolute atomic E-state index is 12.3. The van der Waals surface area contributed by atoms with Crippen molar-refractivity contribution in [2.75, 3.05) is 34.4 Å². The lowest BCUT2D eigenvalue weighted by Gasteiger charge is -2.32. The fourth-order valence-corrected chi connectivity index (χ4v) is 5.79. The maximum Gasteiger partial charge on any atom is 0.328 e. The number of methoxy groups -OCH3 is 2. The van der Waals surface area contributed by atoms with Crippen LogP contribution in [0.1, 0.15) is 53.2 Å². The third-order valence-corrected chi connectivity index (χ3v) is 8.84. The second-order valence-electron chi connectivity index (χ2n) is 12.2. The monoisotopic (exact) mass is 743 g/mol. The number of carbonyl (C=O) groups is 3. The van der Waals surface area contributed by atoms with Gasteiger partial charge in [-0.3, -0.25) is 4.79 Å². The van der Waals surface area contributed by atoms with Crippen LogP contribution in [0.15, 0.2) is 115 Å². The Kier molecular flexibility index (Phi) is 16.8. The predicted molar refractivity (Wildman–Crippen MR) is 206 cm³/mol. The van der Waals surface area contributed by atoms with E-state index in [9.17, 15) is 19.5 Å². The van der Waals surface area contributed by atoms with Crippen molar-refractivity contribution in [3.8, 4) is 17.2 Å². The fourth-order valence-electron chi connectivity index (χ4n) is 5.67. The number of aromatic hydroxyl groups is 1. The molecule has 0 aliphatic carbocycles. The van der Waals surface area contributed by atoms with Gasteiger partial charge in [0, 0.05) is 42.0 Å². The molecule has 0 bridgehead atoms. The zero-order valence-corrected chi connectivity index (χ0v) is 31.0. The number of carbonyl (C=O) groups excluding carboxylic acids is 1. The van der Waals surface area contributed by atoms with Crippen LogP contribution in [-0.2, 0) is 19.9 Å². The normalized spacial score (nSPS) is 15.1. The number of allylic oxidation sites excluding steroid dienone is 1. The summed E-state index contributed by atoms with van der Waals surface area (Å²) in [6.45, 7) is 4.12. The number of ether oxygens (including phenoxy) is 3. The molecule has 1 aliphatic rings. The van der Waals surface area contributed by atoms with Crippen LogP contribution in [0, 0.1) is 0 Å². The Hall–Kier alpha value is -5.42. The smallest absolute Gasteiger partial charge is 0.328 e. The van der Waals surface area contributed by atoms with Gasteiger partial charge in [-0.15, -0.1) is 0 Å². The summed E-state index contributed by atoms with van der Waals surface area (Å²) in [7, 11) is 5.13. The number of rotatable bonds is 13. The fraction of sp³-hybridized carbons (Fsp3) is 0.262. The Morgan fingerprint density at radius 2 is 1.43 bits per heavy atom. The molecular formula is C42H46ClNO9. The lowest BCUT2D eigenvalue weighted by molar-refractivity contribution is -0.134. The van der Waals surface area contributed by atoms with Gasteiger partial charge in [0.2, 0.25) is 0 Å². The molecule has 280 valence electrons. The van der Waals surface area contributed by atoms with Gasteiger partial charge in [-0.05, 0) is 74.7 Å². The first-order valence-electron chi connectivity index (χ1n) is 16.9. The van der Waals surface area contributed by atoms with Gasteiger partial charge in [-0.2, -0.15) is 0 Å². The molecule has 0 aromatic heterocycles. The number of ketones is 1. The highest BCUT2D eigenvalue weighted by atomic mass is 35.5.